The summed E-state index contributed by atoms with van der Waals surface area (Å²) in [7, 11) is 3.33. The lowest BCUT2D eigenvalue weighted by atomic mass is 9.98. The predicted molar refractivity (Wildman–Crippen MR) is 131 cm³/mol. The summed E-state index contributed by atoms with van der Waals surface area (Å²) in [5, 5.41) is 21.0. The number of hydrogen-bond donors (Lipinski definition) is 2. The summed E-state index contributed by atoms with van der Waals surface area (Å²) >= 11 is 0. The molecule has 0 aliphatic rings. The second-order valence-corrected chi connectivity index (χ2v) is 7.31. The predicted octanol–water partition coefficient (Wildman–Crippen LogP) is 6.61. The summed E-state index contributed by atoms with van der Waals surface area (Å²) < 4.78 is 11.4. The molecule has 0 bridgehead atoms. The lowest BCUT2D eigenvalue weighted by Gasteiger charge is -2.14. The molecule has 4 heteroatoms. The molecular formula is C28H24O4. The van der Waals surface area contributed by atoms with Gasteiger partial charge in [0, 0.05) is 16.5 Å². The molecule has 4 aromatic rings. The third-order valence-electron chi connectivity index (χ3n) is 5.29. The van der Waals surface area contributed by atoms with Gasteiger partial charge in [-0.3, -0.25) is 0 Å². The van der Waals surface area contributed by atoms with Crippen LogP contribution in [0.2, 0.25) is 0 Å². The van der Waals surface area contributed by atoms with Gasteiger partial charge in [0.15, 0.2) is 0 Å². The maximum absolute atomic E-state index is 9.50. The first kappa shape index (κ1) is 21.1. The Morgan fingerprint density at radius 2 is 1.12 bits per heavy atom. The Morgan fingerprint density at radius 1 is 0.562 bits per heavy atom. The molecule has 0 unspecified atom stereocenters. The number of phenolic OH excluding ortho intramolecular Hbond substituents is 2. The van der Waals surface area contributed by atoms with Gasteiger partial charge in [0.1, 0.15) is 23.0 Å². The first-order valence-corrected chi connectivity index (χ1v) is 10.2. The molecule has 0 spiro atoms. The first-order chi connectivity index (χ1) is 15.6. The van der Waals surface area contributed by atoms with Gasteiger partial charge in [-0.25, -0.2) is 0 Å². The van der Waals surface area contributed by atoms with Crippen molar-refractivity contribution in [2.75, 3.05) is 14.2 Å². The maximum Gasteiger partial charge on any atom is 0.133 e. The average Bonchev–Trinajstić information content (AvgIpc) is 2.82. The minimum atomic E-state index is 0.238. The molecule has 0 heterocycles. The first-order valence-electron chi connectivity index (χ1n) is 10.2. The standard InChI is InChI=1S/C28H24O4/c1-31-27-18-17-26-24(25(27)15-8-20-6-13-23(30)14-7-20)16-10-21(28(26)32-2)9-3-19-4-11-22(29)12-5-19/h3-18,29-30H,1-2H3/b9-3+,15-8+. The molecule has 0 aliphatic heterocycles. The highest BCUT2D eigenvalue weighted by Crippen LogP contribution is 2.37. The molecule has 0 aromatic heterocycles. The van der Waals surface area contributed by atoms with Crippen LogP contribution < -0.4 is 9.47 Å². The highest BCUT2D eigenvalue weighted by molar-refractivity contribution is 6.00. The van der Waals surface area contributed by atoms with E-state index in [1.807, 2.05) is 66.8 Å². The maximum atomic E-state index is 9.50. The van der Waals surface area contributed by atoms with E-state index in [4.69, 9.17) is 9.47 Å². The van der Waals surface area contributed by atoms with Gasteiger partial charge in [0.25, 0.3) is 0 Å². The molecule has 0 saturated heterocycles. The molecule has 0 saturated carbocycles. The summed E-state index contributed by atoms with van der Waals surface area (Å²) in [6.07, 6.45) is 7.99. The summed E-state index contributed by atoms with van der Waals surface area (Å²) in [6, 6.07) is 22.1. The zero-order valence-corrected chi connectivity index (χ0v) is 17.9. The number of phenols is 2. The number of aromatic hydroxyl groups is 2. The van der Waals surface area contributed by atoms with Crippen LogP contribution in [0.3, 0.4) is 0 Å². The van der Waals surface area contributed by atoms with Gasteiger partial charge in [-0.1, -0.05) is 60.7 Å². The van der Waals surface area contributed by atoms with E-state index >= 15 is 0 Å². The SMILES string of the molecule is COc1ccc2c(OC)c(/C=C/c3ccc(O)cc3)ccc2c1/C=C/c1ccc(O)cc1. The van der Waals surface area contributed by atoms with Gasteiger partial charge in [-0.2, -0.15) is 0 Å². The monoisotopic (exact) mass is 424 g/mol. The molecule has 0 radical (unpaired) electrons. The third-order valence-corrected chi connectivity index (χ3v) is 5.29. The van der Waals surface area contributed by atoms with E-state index in [2.05, 4.69) is 6.07 Å². The Hall–Kier alpha value is -4.18. The Morgan fingerprint density at radius 3 is 1.69 bits per heavy atom. The molecule has 0 amide bonds. The summed E-state index contributed by atoms with van der Waals surface area (Å²) in [4.78, 5) is 0. The number of rotatable bonds is 6. The topological polar surface area (TPSA) is 58.9 Å². The second-order valence-electron chi connectivity index (χ2n) is 7.31. The molecule has 0 aliphatic carbocycles. The highest BCUT2D eigenvalue weighted by Gasteiger charge is 2.12. The van der Waals surface area contributed by atoms with Crippen molar-refractivity contribution < 1.29 is 19.7 Å². The number of ether oxygens (including phenoxy) is 2. The van der Waals surface area contributed by atoms with Crippen molar-refractivity contribution >= 4 is 35.1 Å². The van der Waals surface area contributed by atoms with Gasteiger partial charge in [0.05, 0.1) is 14.2 Å². The van der Waals surface area contributed by atoms with Crippen LogP contribution in [0.5, 0.6) is 23.0 Å². The molecule has 32 heavy (non-hydrogen) atoms. The lowest BCUT2D eigenvalue weighted by Crippen LogP contribution is -1.93. The van der Waals surface area contributed by atoms with Gasteiger partial charge in [-0.15, -0.1) is 0 Å². The lowest BCUT2D eigenvalue weighted by molar-refractivity contribution is 0.413. The average molecular weight is 424 g/mol. The number of methoxy groups -OCH3 is 2. The fourth-order valence-corrected chi connectivity index (χ4v) is 3.64. The van der Waals surface area contributed by atoms with Crippen LogP contribution in [0, 0.1) is 0 Å². The van der Waals surface area contributed by atoms with Crippen molar-refractivity contribution in [2.45, 2.75) is 0 Å². The van der Waals surface area contributed by atoms with Crippen LogP contribution in [0.15, 0.2) is 72.8 Å². The number of fused-ring (bicyclic) bond motifs is 1. The second kappa shape index (κ2) is 9.31. The molecule has 0 fully saturated rings. The van der Waals surface area contributed by atoms with Gasteiger partial charge in [-0.05, 0) is 52.9 Å². The van der Waals surface area contributed by atoms with Crippen LogP contribution in [0.25, 0.3) is 35.1 Å². The zero-order chi connectivity index (χ0) is 22.5. The molecular weight excluding hydrogens is 400 g/mol. The van der Waals surface area contributed by atoms with Crippen LogP contribution in [0.4, 0.5) is 0 Å². The Bertz CT molecular complexity index is 1280. The summed E-state index contributed by atoms with van der Waals surface area (Å²) in [6.45, 7) is 0. The number of hydrogen-bond acceptors (Lipinski definition) is 4. The Labute approximate surface area is 187 Å². The smallest absolute Gasteiger partial charge is 0.133 e. The number of benzene rings is 4. The largest absolute Gasteiger partial charge is 0.508 e. The van der Waals surface area contributed by atoms with Crippen LogP contribution in [-0.4, -0.2) is 24.4 Å². The minimum Gasteiger partial charge on any atom is -0.508 e. The van der Waals surface area contributed by atoms with E-state index in [1.54, 1.807) is 38.5 Å². The van der Waals surface area contributed by atoms with Crippen molar-refractivity contribution in [3.8, 4) is 23.0 Å². The summed E-state index contributed by atoms with van der Waals surface area (Å²) in [5.41, 5.74) is 3.86. The quantitative estimate of drug-likeness (QED) is 0.342. The van der Waals surface area contributed by atoms with Crippen LogP contribution in [-0.2, 0) is 0 Å². The van der Waals surface area contributed by atoms with Gasteiger partial charge < -0.3 is 19.7 Å². The van der Waals surface area contributed by atoms with Gasteiger partial charge in [0.2, 0.25) is 0 Å². The van der Waals surface area contributed by atoms with Crippen molar-refractivity contribution in [1.82, 2.24) is 0 Å². The van der Waals surface area contributed by atoms with Crippen molar-refractivity contribution in [1.29, 1.82) is 0 Å². The molecule has 4 nitrogen and oxygen atoms in total. The van der Waals surface area contributed by atoms with Crippen molar-refractivity contribution in [3.63, 3.8) is 0 Å². The molecule has 4 rings (SSSR count). The Kier molecular flexibility index (Phi) is 6.13. The van der Waals surface area contributed by atoms with Crippen LogP contribution >= 0.6 is 0 Å². The third kappa shape index (κ3) is 4.44. The van der Waals surface area contributed by atoms with Crippen LogP contribution in [0.1, 0.15) is 22.3 Å². The fourth-order valence-electron chi connectivity index (χ4n) is 3.64. The highest BCUT2D eigenvalue weighted by atomic mass is 16.5. The Balaban J connectivity index is 1.77. The molecule has 0 atom stereocenters. The molecule has 160 valence electrons. The van der Waals surface area contributed by atoms with E-state index in [1.165, 1.54) is 0 Å². The summed E-state index contributed by atoms with van der Waals surface area (Å²) in [5.74, 6) is 2.02. The molecule has 4 aromatic carbocycles. The van der Waals surface area contributed by atoms with E-state index in [0.717, 1.165) is 44.5 Å². The van der Waals surface area contributed by atoms with Crippen molar-refractivity contribution in [3.05, 3.63) is 95.1 Å². The normalized spacial score (nSPS) is 11.4. The molecule has 2 N–H and O–H groups in total. The van der Waals surface area contributed by atoms with E-state index in [9.17, 15) is 10.2 Å². The fraction of sp³-hybridized carbons (Fsp3) is 0.0714. The zero-order valence-electron chi connectivity index (χ0n) is 17.9. The minimum absolute atomic E-state index is 0.238. The van der Waals surface area contributed by atoms with Gasteiger partial charge >= 0.3 is 0 Å². The van der Waals surface area contributed by atoms with E-state index in [0.29, 0.717) is 0 Å². The van der Waals surface area contributed by atoms with E-state index in [-0.39, 0.29) is 11.5 Å². The van der Waals surface area contributed by atoms with E-state index < -0.39 is 0 Å². The van der Waals surface area contributed by atoms with Crippen molar-refractivity contribution in [2.24, 2.45) is 0 Å².